The van der Waals surface area contributed by atoms with Crippen LogP contribution in [0.3, 0.4) is 0 Å². The Morgan fingerprint density at radius 2 is 0.977 bits per heavy atom. The quantitative estimate of drug-likeness (QED) is 0.101. The number of nitrogen functional groups attached to an aromatic ring is 1. The first kappa shape index (κ1) is 35.0. The molecule has 236 valence electrons. The smallest absolute Gasteiger partial charge is 0.272 e. The molecule has 0 atom stereocenters. The number of hydrogen-bond acceptors (Lipinski definition) is 6. The molecule has 0 saturated heterocycles. The molecule has 0 aliphatic heterocycles. The molecule has 17 heteroatoms. The molecule has 0 aliphatic rings. The van der Waals surface area contributed by atoms with E-state index in [0.717, 1.165) is 0 Å². The number of aromatic nitrogens is 4. The summed E-state index contributed by atoms with van der Waals surface area (Å²) < 4.78 is 6.31. The molecule has 9 N–H and O–H groups in total. The van der Waals surface area contributed by atoms with Crippen molar-refractivity contribution in [2.24, 2.45) is 33.9 Å². The van der Waals surface area contributed by atoms with Gasteiger partial charge in [0.05, 0.1) is 28.6 Å². The van der Waals surface area contributed by atoms with Crippen molar-refractivity contribution in [2.45, 2.75) is 6.42 Å². The molecule has 4 rings (SSSR count). The largest absolute Gasteiger partial charge is 0.397 e. The van der Waals surface area contributed by atoms with Crippen molar-refractivity contribution in [1.29, 1.82) is 5.41 Å². The first-order chi connectivity index (χ1) is 19.8. The summed E-state index contributed by atoms with van der Waals surface area (Å²) >= 11 is 0. The average Bonchev–Trinajstić information content (AvgIpc) is 3.64. The fourth-order valence-electron chi connectivity index (χ4n) is 4.38. The lowest BCUT2D eigenvalue weighted by molar-refractivity contribution is 0.0944. The second kappa shape index (κ2) is 14.3. The Bertz CT molecular complexity index is 1710. The first-order valence-electron chi connectivity index (χ1n) is 12.8. The molecule has 15 nitrogen and oxygen atoms in total. The van der Waals surface area contributed by atoms with Crippen LogP contribution < -0.4 is 32.7 Å². The number of carbonyl (C=O) groups excluding carboxylic acids is 4. The zero-order chi connectivity index (χ0) is 30.7. The van der Waals surface area contributed by atoms with Crippen LogP contribution in [-0.2, 0) is 28.2 Å². The number of carbonyl (C=O) groups is 4. The highest BCUT2D eigenvalue weighted by molar-refractivity contribution is 6.08. The lowest BCUT2D eigenvalue weighted by Crippen LogP contribution is -2.28. The summed E-state index contributed by atoms with van der Waals surface area (Å²) in [5, 5.41) is 18.2. The minimum atomic E-state index is -0.447. The Hall–Kier alpha value is -5.15. The Balaban J connectivity index is 0.00000337. The number of amides is 4. The van der Waals surface area contributed by atoms with E-state index in [-0.39, 0.29) is 66.8 Å². The van der Waals surface area contributed by atoms with Crippen LogP contribution in [0.2, 0.25) is 0 Å². The van der Waals surface area contributed by atoms with Crippen molar-refractivity contribution >= 4 is 77.0 Å². The molecule has 0 saturated carbocycles. The Labute approximate surface area is 265 Å². The highest BCUT2D eigenvalue weighted by atomic mass is 35.5. The van der Waals surface area contributed by atoms with Gasteiger partial charge in [0, 0.05) is 65.9 Å². The molecular weight excluding hydrogens is 613 g/mol. The van der Waals surface area contributed by atoms with Crippen LogP contribution in [-0.4, -0.2) is 54.3 Å². The molecule has 44 heavy (non-hydrogen) atoms. The van der Waals surface area contributed by atoms with Crippen LogP contribution in [0.1, 0.15) is 48.4 Å². The molecule has 0 aliphatic carbocycles. The van der Waals surface area contributed by atoms with Gasteiger partial charge in [-0.05, 0) is 24.3 Å². The molecule has 4 aromatic heterocycles. The summed E-state index contributed by atoms with van der Waals surface area (Å²) in [5.41, 5.74) is 14.0. The van der Waals surface area contributed by atoms with Crippen LogP contribution in [0.4, 0.5) is 22.7 Å². The average molecular weight is 649 g/mol. The van der Waals surface area contributed by atoms with Gasteiger partial charge in [-0.25, -0.2) is 0 Å². The van der Waals surface area contributed by atoms with Gasteiger partial charge in [0.25, 0.3) is 23.6 Å². The maximum atomic E-state index is 13.0. The second-order valence-electron chi connectivity index (χ2n) is 9.84. The highest BCUT2D eigenvalue weighted by Gasteiger charge is 2.19. The number of aryl methyl sites for hydroxylation is 4. The predicted octanol–water partition coefficient (Wildman–Crippen LogP) is 2.28. The summed E-state index contributed by atoms with van der Waals surface area (Å²) in [7, 11) is 6.71. The van der Waals surface area contributed by atoms with Crippen molar-refractivity contribution in [3.63, 3.8) is 0 Å². The number of halogens is 2. The van der Waals surface area contributed by atoms with Gasteiger partial charge in [-0.15, -0.1) is 24.8 Å². The highest BCUT2D eigenvalue weighted by Crippen LogP contribution is 2.20. The zero-order valence-corrected chi connectivity index (χ0v) is 26.1. The standard InChI is InChI=1S/C27H33N11O4.2ClH/c1-35-11-15(28)7-19(35)25(40)32-17-9-21(37(3)13-17)27(42)34-18-10-22(38(4)14-18)26(41)33-16-8-20(36(2)12-16)24(39)31-6-5-23(29)30;;/h7-14H,5-6,28H2,1-4H3,(H3,29,30)(H,31,39)(H,32,40)(H,33,41)(H,34,42);2*1H. The van der Waals surface area contributed by atoms with Gasteiger partial charge in [0.1, 0.15) is 22.8 Å². The van der Waals surface area contributed by atoms with Crippen LogP contribution in [0.5, 0.6) is 0 Å². The molecular formula is C27H35Cl2N11O4. The third kappa shape index (κ3) is 8.02. The molecule has 0 spiro atoms. The molecule has 0 fully saturated rings. The van der Waals surface area contributed by atoms with Gasteiger partial charge in [0.2, 0.25) is 0 Å². The van der Waals surface area contributed by atoms with E-state index in [4.69, 9.17) is 16.9 Å². The summed E-state index contributed by atoms with van der Waals surface area (Å²) in [6, 6.07) is 6.16. The van der Waals surface area contributed by atoms with E-state index in [1.54, 1.807) is 83.4 Å². The Kier molecular flexibility index (Phi) is 11.4. The summed E-state index contributed by atoms with van der Waals surface area (Å²) in [6.45, 7) is 0.223. The van der Waals surface area contributed by atoms with E-state index >= 15 is 0 Å². The van der Waals surface area contributed by atoms with E-state index in [9.17, 15) is 19.2 Å². The van der Waals surface area contributed by atoms with Gasteiger partial charge in [0.15, 0.2) is 0 Å². The monoisotopic (exact) mass is 647 g/mol. The van der Waals surface area contributed by atoms with Crippen LogP contribution in [0.15, 0.2) is 49.1 Å². The number of nitrogens with one attached hydrogen (secondary N) is 5. The van der Waals surface area contributed by atoms with E-state index in [0.29, 0.717) is 34.1 Å². The number of nitrogens with two attached hydrogens (primary N) is 2. The van der Waals surface area contributed by atoms with Crippen molar-refractivity contribution in [2.75, 3.05) is 28.2 Å². The van der Waals surface area contributed by atoms with Crippen molar-refractivity contribution in [3.8, 4) is 0 Å². The van der Waals surface area contributed by atoms with E-state index in [1.165, 1.54) is 12.1 Å². The maximum absolute atomic E-state index is 13.0. The predicted molar refractivity (Wildman–Crippen MR) is 173 cm³/mol. The lowest BCUT2D eigenvalue weighted by Gasteiger charge is -2.04. The van der Waals surface area contributed by atoms with Gasteiger partial charge in [-0.3, -0.25) is 24.6 Å². The van der Waals surface area contributed by atoms with Gasteiger partial charge in [-0.1, -0.05) is 0 Å². The van der Waals surface area contributed by atoms with Crippen molar-refractivity contribution in [3.05, 3.63) is 71.8 Å². The first-order valence-corrected chi connectivity index (χ1v) is 12.8. The molecule has 0 bridgehead atoms. The minimum absolute atomic E-state index is 0. The van der Waals surface area contributed by atoms with Gasteiger partial charge < -0.3 is 51.0 Å². The third-order valence-electron chi connectivity index (χ3n) is 6.42. The topological polar surface area (TPSA) is 212 Å². The Morgan fingerprint density at radius 1 is 0.636 bits per heavy atom. The van der Waals surface area contributed by atoms with E-state index in [1.807, 2.05) is 0 Å². The van der Waals surface area contributed by atoms with Crippen molar-refractivity contribution in [1.82, 2.24) is 23.6 Å². The molecule has 4 amide bonds. The fraction of sp³-hybridized carbons (Fsp3) is 0.222. The third-order valence-corrected chi connectivity index (χ3v) is 6.42. The van der Waals surface area contributed by atoms with Gasteiger partial charge in [-0.2, -0.15) is 0 Å². The van der Waals surface area contributed by atoms with Crippen LogP contribution in [0, 0.1) is 5.41 Å². The molecule has 0 radical (unpaired) electrons. The Morgan fingerprint density at radius 3 is 1.32 bits per heavy atom. The fourth-order valence-corrected chi connectivity index (χ4v) is 4.38. The van der Waals surface area contributed by atoms with Gasteiger partial charge >= 0.3 is 0 Å². The number of hydrogen-bond donors (Lipinski definition) is 7. The van der Waals surface area contributed by atoms with E-state index < -0.39 is 11.8 Å². The van der Waals surface area contributed by atoms with Crippen molar-refractivity contribution < 1.29 is 19.2 Å². The van der Waals surface area contributed by atoms with Crippen LogP contribution >= 0.6 is 24.8 Å². The lowest BCUT2D eigenvalue weighted by atomic mass is 10.3. The normalized spacial score (nSPS) is 10.3. The molecule has 0 aromatic carbocycles. The number of amidine groups is 1. The molecule has 0 unspecified atom stereocenters. The number of nitrogens with zero attached hydrogens (tertiary/aromatic N) is 4. The minimum Gasteiger partial charge on any atom is -0.397 e. The van der Waals surface area contributed by atoms with E-state index in [2.05, 4.69) is 21.3 Å². The SMILES string of the molecule is Cl.Cl.Cn1cc(NC(=O)c2cc(NC(=O)c3cc(NC(=O)c4cc(N)cn4C)cn3C)cn2C)cc1C(=O)NCCC(=N)N. The molecule has 4 aromatic rings. The van der Waals surface area contributed by atoms with Crippen LogP contribution in [0.25, 0.3) is 0 Å². The second-order valence-corrected chi connectivity index (χ2v) is 9.84. The summed E-state index contributed by atoms with van der Waals surface area (Å²) in [6.07, 6.45) is 6.67. The molecule has 4 heterocycles. The number of anilines is 4. The zero-order valence-electron chi connectivity index (χ0n) is 24.4. The summed E-state index contributed by atoms with van der Waals surface area (Å²) in [5.74, 6) is -1.65. The maximum Gasteiger partial charge on any atom is 0.272 e. The summed E-state index contributed by atoms with van der Waals surface area (Å²) in [4.78, 5) is 51.1. The number of rotatable bonds is 10.